The first kappa shape index (κ1) is 24.7. The molecule has 0 saturated heterocycles. The minimum atomic E-state index is -0.450. The lowest BCUT2D eigenvalue weighted by molar-refractivity contribution is 0.0526. The summed E-state index contributed by atoms with van der Waals surface area (Å²) in [6, 6.07) is 11.4. The predicted molar refractivity (Wildman–Crippen MR) is 148 cm³/mol. The van der Waals surface area contributed by atoms with Crippen LogP contribution in [0.2, 0.25) is 0 Å². The molecule has 0 saturated carbocycles. The quantitative estimate of drug-likeness (QED) is 0.284. The first-order valence-corrected chi connectivity index (χ1v) is 13.6. The normalized spacial score (nSPS) is 14.7. The first-order valence-electron chi connectivity index (χ1n) is 11.9. The number of rotatable bonds is 5. The summed E-state index contributed by atoms with van der Waals surface area (Å²) in [6.45, 7) is 4.18. The van der Waals surface area contributed by atoms with Crippen LogP contribution in [0.3, 0.4) is 0 Å². The highest BCUT2D eigenvalue weighted by Crippen LogP contribution is 2.44. The molecule has 0 spiro atoms. The van der Waals surface area contributed by atoms with Crippen molar-refractivity contribution in [2.45, 2.75) is 33.1 Å². The number of nitrogen functional groups attached to an aromatic ring is 2. The Kier molecular flexibility index (Phi) is 6.58. The number of pyridine rings is 1. The summed E-state index contributed by atoms with van der Waals surface area (Å²) < 4.78 is 5.32. The molecular weight excluding hydrogens is 506 g/mol. The third kappa shape index (κ3) is 4.30. The van der Waals surface area contributed by atoms with Crippen LogP contribution in [0.5, 0.6) is 0 Å². The summed E-state index contributed by atoms with van der Waals surface area (Å²) in [5, 5.41) is 13.7. The third-order valence-corrected chi connectivity index (χ3v) is 8.77. The third-order valence-electron chi connectivity index (χ3n) is 6.50. The van der Waals surface area contributed by atoms with Crippen molar-refractivity contribution in [1.82, 2.24) is 4.98 Å². The maximum atomic E-state index is 13.6. The van der Waals surface area contributed by atoms with Crippen LogP contribution in [0.1, 0.15) is 56.3 Å². The topological polar surface area (TPSA) is 144 Å². The van der Waals surface area contributed by atoms with Gasteiger partial charge in [0.05, 0.1) is 17.9 Å². The Morgan fingerprint density at radius 1 is 1.24 bits per heavy atom. The molecule has 3 heterocycles. The largest absolute Gasteiger partial charge is 0.462 e. The van der Waals surface area contributed by atoms with E-state index < -0.39 is 11.9 Å². The number of nitrogens with two attached hydrogens (primary N) is 2. The van der Waals surface area contributed by atoms with Crippen molar-refractivity contribution in [1.29, 1.82) is 5.26 Å². The van der Waals surface area contributed by atoms with Crippen molar-refractivity contribution in [3.05, 3.63) is 56.8 Å². The predicted octanol–water partition coefficient (Wildman–Crippen LogP) is 5.61. The number of anilines is 3. The van der Waals surface area contributed by atoms with Gasteiger partial charge in [-0.3, -0.25) is 4.79 Å². The zero-order valence-electron chi connectivity index (χ0n) is 20.4. The smallest absolute Gasteiger partial charge is 0.341 e. The van der Waals surface area contributed by atoms with Gasteiger partial charge in [-0.2, -0.15) is 5.26 Å². The van der Waals surface area contributed by atoms with Crippen LogP contribution in [0.25, 0.3) is 21.3 Å². The Labute approximate surface area is 221 Å². The summed E-state index contributed by atoms with van der Waals surface area (Å²) in [6.07, 6.45) is 2.60. The van der Waals surface area contributed by atoms with Crippen molar-refractivity contribution in [2.24, 2.45) is 5.92 Å². The molecule has 3 aromatic heterocycles. The number of fused-ring (bicyclic) bond motifs is 2. The Bertz CT molecular complexity index is 1580. The fraction of sp³-hybridized carbons (Fsp3) is 0.259. The van der Waals surface area contributed by atoms with Crippen LogP contribution < -0.4 is 16.8 Å². The first-order chi connectivity index (χ1) is 17.8. The number of ether oxygens (including phenoxy) is 1. The Morgan fingerprint density at radius 3 is 2.70 bits per heavy atom. The van der Waals surface area contributed by atoms with Gasteiger partial charge in [0.25, 0.3) is 5.91 Å². The van der Waals surface area contributed by atoms with Crippen molar-refractivity contribution in [3.63, 3.8) is 0 Å². The van der Waals surface area contributed by atoms with E-state index in [-0.39, 0.29) is 28.6 Å². The van der Waals surface area contributed by atoms with Crippen LogP contribution in [-0.4, -0.2) is 23.5 Å². The SMILES string of the molecule is CCOC(=O)c1c(NC(=O)c2sc3nc(N)c(C#N)c(-c4ccccc4)c3c2N)sc2c1CCC(C)C2. The maximum absolute atomic E-state index is 13.6. The highest BCUT2D eigenvalue weighted by atomic mass is 32.1. The Hall–Kier alpha value is -3.94. The maximum Gasteiger partial charge on any atom is 0.341 e. The number of hydrogen-bond donors (Lipinski definition) is 3. The number of carbonyl (C=O) groups is 2. The monoisotopic (exact) mass is 531 g/mol. The number of benzene rings is 1. The molecule has 0 bridgehead atoms. The average molecular weight is 532 g/mol. The number of hydrogen-bond acceptors (Lipinski definition) is 9. The highest BCUT2D eigenvalue weighted by molar-refractivity contribution is 7.21. The molecule has 1 atom stereocenters. The Balaban J connectivity index is 1.61. The molecule has 0 aliphatic heterocycles. The fourth-order valence-corrected chi connectivity index (χ4v) is 7.16. The van der Waals surface area contributed by atoms with Gasteiger partial charge >= 0.3 is 5.97 Å². The highest BCUT2D eigenvalue weighted by Gasteiger charge is 2.31. The molecule has 1 amide bonds. The van der Waals surface area contributed by atoms with E-state index in [1.54, 1.807) is 6.92 Å². The van der Waals surface area contributed by atoms with Crippen LogP contribution >= 0.6 is 22.7 Å². The summed E-state index contributed by atoms with van der Waals surface area (Å²) >= 11 is 2.52. The molecule has 5 rings (SSSR count). The lowest BCUT2D eigenvalue weighted by Crippen LogP contribution is -2.16. The van der Waals surface area contributed by atoms with Crippen LogP contribution in [0.4, 0.5) is 16.5 Å². The van der Waals surface area contributed by atoms with Gasteiger partial charge in [0, 0.05) is 15.8 Å². The lowest BCUT2D eigenvalue weighted by atomic mass is 9.88. The second-order valence-corrected chi connectivity index (χ2v) is 11.1. The molecule has 10 heteroatoms. The van der Waals surface area contributed by atoms with Gasteiger partial charge < -0.3 is 21.5 Å². The molecule has 1 unspecified atom stereocenters. The number of esters is 1. The van der Waals surface area contributed by atoms with Gasteiger partial charge in [0.1, 0.15) is 32.2 Å². The molecule has 1 aliphatic carbocycles. The van der Waals surface area contributed by atoms with E-state index in [4.69, 9.17) is 16.2 Å². The lowest BCUT2D eigenvalue weighted by Gasteiger charge is -2.18. The molecule has 0 radical (unpaired) electrons. The Morgan fingerprint density at radius 2 is 2.00 bits per heavy atom. The molecule has 5 N–H and O–H groups in total. The second-order valence-electron chi connectivity index (χ2n) is 8.98. The number of nitrogens with one attached hydrogen (secondary N) is 1. The van der Waals surface area contributed by atoms with Gasteiger partial charge in [-0.1, -0.05) is 37.3 Å². The minimum absolute atomic E-state index is 0.0757. The number of nitriles is 1. The van der Waals surface area contributed by atoms with E-state index in [0.29, 0.717) is 32.3 Å². The zero-order chi connectivity index (χ0) is 26.3. The molecule has 0 fully saturated rings. The molecule has 188 valence electrons. The summed E-state index contributed by atoms with van der Waals surface area (Å²) in [5.41, 5.74) is 15.8. The van der Waals surface area contributed by atoms with Crippen molar-refractivity contribution < 1.29 is 14.3 Å². The fourth-order valence-electron chi connectivity index (χ4n) is 4.76. The number of carbonyl (C=O) groups excluding carboxylic acids is 2. The van der Waals surface area contributed by atoms with Crippen LogP contribution in [-0.2, 0) is 17.6 Å². The van der Waals surface area contributed by atoms with Gasteiger partial charge in [-0.15, -0.1) is 22.7 Å². The van der Waals surface area contributed by atoms with E-state index in [0.717, 1.165) is 46.6 Å². The summed E-state index contributed by atoms with van der Waals surface area (Å²) in [5.74, 6) is -0.306. The van der Waals surface area contributed by atoms with Gasteiger partial charge in [0.15, 0.2) is 0 Å². The van der Waals surface area contributed by atoms with E-state index in [9.17, 15) is 14.9 Å². The van der Waals surface area contributed by atoms with Crippen LogP contribution in [0, 0.1) is 17.2 Å². The number of thiophene rings is 2. The number of amides is 1. The van der Waals surface area contributed by atoms with E-state index >= 15 is 0 Å². The number of nitrogens with zero attached hydrogens (tertiary/aromatic N) is 2. The molecule has 8 nitrogen and oxygen atoms in total. The molecule has 4 aromatic rings. The summed E-state index contributed by atoms with van der Waals surface area (Å²) in [7, 11) is 0. The van der Waals surface area contributed by atoms with Gasteiger partial charge in [-0.05, 0) is 43.2 Å². The minimum Gasteiger partial charge on any atom is -0.462 e. The molecule has 1 aromatic carbocycles. The standard InChI is InChI=1S/C27H25N5O3S2/c1-3-35-27(34)19-15-10-9-13(2)11-17(15)36-25(19)32-24(33)22-21(29)20-18(14-7-5-4-6-8-14)16(12-28)23(30)31-26(20)37-22/h4-8,13H,3,9-11,29H2,1-2H3,(H2,30,31)(H,32,33). The number of aromatic nitrogens is 1. The van der Waals surface area contributed by atoms with E-state index in [1.165, 1.54) is 11.3 Å². The zero-order valence-corrected chi connectivity index (χ0v) is 22.0. The van der Waals surface area contributed by atoms with E-state index in [1.807, 2.05) is 30.3 Å². The molecular formula is C27H25N5O3S2. The average Bonchev–Trinajstić information content (AvgIpc) is 3.40. The second kappa shape index (κ2) is 9.84. The van der Waals surface area contributed by atoms with Gasteiger partial charge in [0.2, 0.25) is 0 Å². The van der Waals surface area contributed by atoms with Gasteiger partial charge in [-0.25, -0.2) is 9.78 Å². The van der Waals surface area contributed by atoms with E-state index in [2.05, 4.69) is 23.3 Å². The molecule has 37 heavy (non-hydrogen) atoms. The van der Waals surface area contributed by atoms with Crippen molar-refractivity contribution >= 4 is 61.3 Å². The summed E-state index contributed by atoms with van der Waals surface area (Å²) in [4.78, 5) is 32.6. The molecule has 1 aliphatic rings. The van der Waals surface area contributed by atoms with Crippen molar-refractivity contribution in [3.8, 4) is 17.2 Å². The van der Waals surface area contributed by atoms with Crippen molar-refractivity contribution in [2.75, 3.05) is 23.4 Å². The van der Waals surface area contributed by atoms with Crippen LogP contribution in [0.15, 0.2) is 30.3 Å².